The van der Waals surface area contributed by atoms with Crippen LogP contribution in [0, 0.1) is 0 Å². The van der Waals surface area contributed by atoms with Crippen molar-refractivity contribution >= 4 is 11.8 Å². The van der Waals surface area contributed by atoms with Crippen LogP contribution in [0.3, 0.4) is 0 Å². The molecule has 1 aromatic carbocycles. The second-order valence-corrected chi connectivity index (χ2v) is 5.40. The lowest BCUT2D eigenvalue weighted by Crippen LogP contribution is -2.29. The molecule has 1 N–H and O–H groups in total. The highest BCUT2D eigenvalue weighted by Crippen LogP contribution is 2.10. The summed E-state index contributed by atoms with van der Waals surface area (Å²) in [5.41, 5.74) is 1.47. The zero-order valence-corrected chi connectivity index (χ0v) is 11.9. The Hall–Kier alpha value is -0.470. The van der Waals surface area contributed by atoms with E-state index in [1.807, 2.05) is 11.8 Å². The van der Waals surface area contributed by atoms with Crippen molar-refractivity contribution in [2.24, 2.45) is 0 Å². The Balaban J connectivity index is 2.22. The van der Waals surface area contributed by atoms with Gasteiger partial charge in [-0.1, -0.05) is 37.3 Å². The molecule has 0 amide bonds. The Labute approximate surface area is 110 Å². The number of nitrogens with one attached hydrogen (secondary N) is 1. The van der Waals surface area contributed by atoms with E-state index in [9.17, 15) is 0 Å². The second-order valence-electron chi connectivity index (χ2n) is 4.41. The zero-order chi connectivity index (χ0) is 12.3. The molecule has 0 spiro atoms. The van der Waals surface area contributed by atoms with Crippen molar-refractivity contribution < 1.29 is 0 Å². The van der Waals surface area contributed by atoms with Crippen molar-refractivity contribution in [2.45, 2.75) is 38.6 Å². The van der Waals surface area contributed by atoms with Gasteiger partial charge in [-0.15, -0.1) is 0 Å². The lowest BCUT2D eigenvalue weighted by Gasteiger charge is -2.17. The summed E-state index contributed by atoms with van der Waals surface area (Å²) in [6.45, 7) is 3.29. The molecule has 1 unspecified atom stereocenters. The normalized spacial score (nSPS) is 12.6. The van der Waals surface area contributed by atoms with Gasteiger partial charge in [0.05, 0.1) is 0 Å². The van der Waals surface area contributed by atoms with E-state index in [1.165, 1.54) is 37.0 Å². The van der Waals surface area contributed by atoms with Crippen LogP contribution in [0.15, 0.2) is 30.3 Å². The monoisotopic (exact) mass is 251 g/mol. The third-order valence-electron chi connectivity index (χ3n) is 3.02. The molecule has 1 nitrogen and oxygen atoms in total. The molecule has 1 aromatic rings. The minimum atomic E-state index is 0.705. The first-order valence-corrected chi connectivity index (χ1v) is 8.02. The smallest absolute Gasteiger partial charge is 0.00749 e. The molecule has 0 bridgehead atoms. The van der Waals surface area contributed by atoms with E-state index in [2.05, 4.69) is 48.8 Å². The van der Waals surface area contributed by atoms with Gasteiger partial charge < -0.3 is 5.32 Å². The van der Waals surface area contributed by atoms with Crippen LogP contribution < -0.4 is 5.32 Å². The molecule has 96 valence electrons. The summed E-state index contributed by atoms with van der Waals surface area (Å²) in [5.74, 6) is 1.27. The topological polar surface area (TPSA) is 12.0 Å². The third-order valence-corrected chi connectivity index (χ3v) is 3.67. The van der Waals surface area contributed by atoms with E-state index < -0.39 is 0 Å². The average molecular weight is 251 g/mol. The molecule has 0 radical (unpaired) electrons. The van der Waals surface area contributed by atoms with E-state index in [0.29, 0.717) is 6.04 Å². The van der Waals surface area contributed by atoms with E-state index in [1.54, 1.807) is 0 Å². The molecular formula is C15H25NS. The number of hydrogen-bond donors (Lipinski definition) is 1. The van der Waals surface area contributed by atoms with Crippen molar-refractivity contribution in [2.75, 3.05) is 18.6 Å². The predicted molar refractivity (Wildman–Crippen MR) is 79.8 cm³/mol. The molecule has 0 heterocycles. The number of aryl methyl sites for hydroxylation is 1. The molecule has 1 rings (SSSR count). The molecule has 0 aliphatic rings. The largest absolute Gasteiger partial charge is 0.314 e. The molecule has 0 saturated heterocycles. The van der Waals surface area contributed by atoms with Crippen LogP contribution in [0.4, 0.5) is 0 Å². The fraction of sp³-hybridized carbons (Fsp3) is 0.600. The van der Waals surface area contributed by atoms with Gasteiger partial charge in [0.25, 0.3) is 0 Å². The van der Waals surface area contributed by atoms with Gasteiger partial charge in [-0.25, -0.2) is 0 Å². The fourth-order valence-electron chi connectivity index (χ4n) is 2.09. The molecule has 0 fully saturated rings. The third kappa shape index (κ3) is 6.75. The van der Waals surface area contributed by atoms with Crippen molar-refractivity contribution in [3.63, 3.8) is 0 Å². The van der Waals surface area contributed by atoms with Gasteiger partial charge in [-0.2, -0.15) is 11.8 Å². The van der Waals surface area contributed by atoms with Crippen LogP contribution in [0.5, 0.6) is 0 Å². The Bertz CT molecular complexity index is 274. The molecule has 2 heteroatoms. The summed E-state index contributed by atoms with van der Waals surface area (Å²) in [6, 6.07) is 11.5. The van der Waals surface area contributed by atoms with E-state index >= 15 is 0 Å². The molecular weight excluding hydrogens is 226 g/mol. The molecule has 0 aliphatic heterocycles. The highest BCUT2D eigenvalue weighted by molar-refractivity contribution is 7.98. The van der Waals surface area contributed by atoms with Crippen LogP contribution in [0.2, 0.25) is 0 Å². The first-order chi connectivity index (χ1) is 8.36. The van der Waals surface area contributed by atoms with E-state index in [4.69, 9.17) is 0 Å². The summed E-state index contributed by atoms with van der Waals surface area (Å²) in [7, 11) is 0. The van der Waals surface area contributed by atoms with Crippen molar-refractivity contribution in [1.82, 2.24) is 5.32 Å². The molecule has 0 aromatic heterocycles. The predicted octanol–water partition coefficient (Wildman–Crippen LogP) is 3.74. The summed E-state index contributed by atoms with van der Waals surface area (Å²) < 4.78 is 0. The number of hydrogen-bond acceptors (Lipinski definition) is 2. The maximum atomic E-state index is 3.59. The Kier molecular flexibility index (Phi) is 8.20. The van der Waals surface area contributed by atoms with Crippen LogP contribution in [-0.2, 0) is 6.42 Å². The maximum absolute atomic E-state index is 3.59. The fourth-order valence-corrected chi connectivity index (χ4v) is 2.61. The SMILES string of the molecule is CCNC(CCCc1ccccc1)CCSC. The van der Waals surface area contributed by atoms with Crippen LogP contribution in [0.25, 0.3) is 0 Å². The minimum absolute atomic E-state index is 0.705. The first-order valence-electron chi connectivity index (χ1n) is 6.63. The van der Waals surface area contributed by atoms with Crippen molar-refractivity contribution in [3.05, 3.63) is 35.9 Å². The molecule has 0 aliphatic carbocycles. The van der Waals surface area contributed by atoms with Crippen LogP contribution in [-0.4, -0.2) is 24.6 Å². The Morgan fingerprint density at radius 3 is 2.59 bits per heavy atom. The van der Waals surface area contributed by atoms with E-state index in [-0.39, 0.29) is 0 Å². The van der Waals surface area contributed by atoms with Gasteiger partial charge >= 0.3 is 0 Å². The highest BCUT2D eigenvalue weighted by atomic mass is 32.2. The van der Waals surface area contributed by atoms with Gasteiger partial charge in [0.2, 0.25) is 0 Å². The van der Waals surface area contributed by atoms with Gasteiger partial charge in [0, 0.05) is 6.04 Å². The summed E-state index contributed by atoms with van der Waals surface area (Å²) in [4.78, 5) is 0. The molecule has 17 heavy (non-hydrogen) atoms. The van der Waals surface area contributed by atoms with E-state index in [0.717, 1.165) is 6.54 Å². The number of thioether (sulfide) groups is 1. The second kappa shape index (κ2) is 9.55. The standard InChI is InChI=1S/C15H25NS/c1-3-16-15(12-13-17-2)11-7-10-14-8-5-4-6-9-14/h4-6,8-9,15-16H,3,7,10-13H2,1-2H3. The van der Waals surface area contributed by atoms with Gasteiger partial charge in [-0.05, 0) is 49.8 Å². The first kappa shape index (κ1) is 14.6. The molecule has 0 saturated carbocycles. The zero-order valence-electron chi connectivity index (χ0n) is 11.1. The Morgan fingerprint density at radius 1 is 1.18 bits per heavy atom. The minimum Gasteiger partial charge on any atom is -0.314 e. The van der Waals surface area contributed by atoms with Crippen molar-refractivity contribution in [1.29, 1.82) is 0 Å². The number of benzene rings is 1. The van der Waals surface area contributed by atoms with Crippen LogP contribution in [0.1, 0.15) is 31.7 Å². The lowest BCUT2D eigenvalue weighted by molar-refractivity contribution is 0.470. The maximum Gasteiger partial charge on any atom is 0.00749 e. The quantitative estimate of drug-likeness (QED) is 0.717. The number of rotatable bonds is 9. The van der Waals surface area contributed by atoms with Gasteiger partial charge in [0.1, 0.15) is 0 Å². The highest BCUT2D eigenvalue weighted by Gasteiger charge is 2.06. The lowest BCUT2D eigenvalue weighted by atomic mass is 10.0. The molecule has 1 atom stereocenters. The summed E-state index contributed by atoms with van der Waals surface area (Å²) >= 11 is 1.95. The van der Waals surface area contributed by atoms with Gasteiger partial charge in [-0.3, -0.25) is 0 Å². The average Bonchev–Trinajstić information content (AvgIpc) is 2.37. The van der Waals surface area contributed by atoms with Gasteiger partial charge in [0.15, 0.2) is 0 Å². The summed E-state index contributed by atoms with van der Waals surface area (Å²) in [5, 5.41) is 3.59. The van der Waals surface area contributed by atoms with Crippen molar-refractivity contribution in [3.8, 4) is 0 Å². The van der Waals surface area contributed by atoms with Crippen LogP contribution >= 0.6 is 11.8 Å². The Morgan fingerprint density at radius 2 is 1.94 bits per heavy atom. The summed E-state index contributed by atoms with van der Waals surface area (Å²) in [6.07, 6.45) is 7.28.